The van der Waals surface area contributed by atoms with Crippen molar-refractivity contribution in [1.82, 2.24) is 9.97 Å². The summed E-state index contributed by atoms with van der Waals surface area (Å²) >= 11 is 1.24. The van der Waals surface area contributed by atoms with Gasteiger partial charge in [-0.15, -0.1) is 11.3 Å². The predicted molar refractivity (Wildman–Crippen MR) is 95.1 cm³/mol. The number of carbonyl (C=O) groups excluding carboxylic acids is 2. The minimum absolute atomic E-state index is 0.0446. The number of pyridine rings is 1. The highest BCUT2D eigenvalue weighted by atomic mass is 32.1. The Balaban J connectivity index is 1.93. The molecule has 25 heavy (non-hydrogen) atoms. The van der Waals surface area contributed by atoms with Gasteiger partial charge >= 0.3 is 5.97 Å². The number of para-hydroxylation sites is 1. The van der Waals surface area contributed by atoms with Crippen molar-refractivity contribution >= 4 is 39.2 Å². The molecule has 0 aliphatic rings. The van der Waals surface area contributed by atoms with E-state index in [1.54, 1.807) is 36.7 Å². The standard InChI is InChI=1S/C17H15N3O4S/c1-20(17-18-10(9-25-17)7-15(22)24-2)16(23)12-8-14(21)19-13-6-4-3-5-11(12)13/h3-6,8-9H,7H2,1-2H3,(H,19,21). The molecule has 7 nitrogen and oxygen atoms in total. The number of hydrogen-bond donors (Lipinski definition) is 1. The predicted octanol–water partition coefficient (Wildman–Crippen LogP) is 1.98. The Labute approximate surface area is 146 Å². The SMILES string of the molecule is COC(=O)Cc1csc(N(C)C(=O)c2cc(=O)[nH]c3ccccc23)n1. The number of H-pyrrole nitrogens is 1. The quantitative estimate of drug-likeness (QED) is 0.721. The summed E-state index contributed by atoms with van der Waals surface area (Å²) in [7, 11) is 2.89. The molecule has 3 rings (SSSR count). The summed E-state index contributed by atoms with van der Waals surface area (Å²) in [5, 5.41) is 2.80. The molecule has 2 aromatic heterocycles. The third-order valence-corrected chi connectivity index (χ3v) is 4.63. The molecule has 1 N–H and O–H groups in total. The lowest BCUT2D eigenvalue weighted by atomic mass is 10.1. The van der Waals surface area contributed by atoms with Crippen molar-refractivity contribution in [3.05, 3.63) is 57.3 Å². The lowest BCUT2D eigenvalue weighted by Gasteiger charge is -2.15. The van der Waals surface area contributed by atoms with Crippen molar-refractivity contribution in [2.24, 2.45) is 0 Å². The number of amides is 1. The topological polar surface area (TPSA) is 92.4 Å². The minimum atomic E-state index is -0.397. The highest BCUT2D eigenvalue weighted by Crippen LogP contribution is 2.23. The van der Waals surface area contributed by atoms with Crippen molar-refractivity contribution < 1.29 is 14.3 Å². The number of carbonyl (C=O) groups is 2. The number of thiazole rings is 1. The van der Waals surface area contributed by atoms with E-state index >= 15 is 0 Å². The lowest BCUT2D eigenvalue weighted by molar-refractivity contribution is -0.139. The molecule has 3 aromatic rings. The molecule has 0 atom stereocenters. The molecule has 0 spiro atoms. The van der Waals surface area contributed by atoms with Crippen LogP contribution in [0.2, 0.25) is 0 Å². The summed E-state index contributed by atoms with van der Waals surface area (Å²) in [5.74, 6) is -0.743. The molecule has 0 unspecified atom stereocenters. The van der Waals surface area contributed by atoms with Crippen LogP contribution in [0.3, 0.4) is 0 Å². The Morgan fingerprint density at radius 3 is 2.84 bits per heavy atom. The molecule has 128 valence electrons. The first kappa shape index (κ1) is 16.8. The van der Waals surface area contributed by atoms with E-state index < -0.39 is 5.97 Å². The van der Waals surface area contributed by atoms with E-state index in [-0.39, 0.29) is 17.9 Å². The Hall–Kier alpha value is -3.00. The molecule has 0 aliphatic carbocycles. The number of methoxy groups -OCH3 is 1. The summed E-state index contributed by atoms with van der Waals surface area (Å²) in [6.45, 7) is 0. The third kappa shape index (κ3) is 3.43. The van der Waals surface area contributed by atoms with E-state index in [1.807, 2.05) is 0 Å². The first-order valence-electron chi connectivity index (χ1n) is 7.41. The smallest absolute Gasteiger partial charge is 0.311 e. The zero-order valence-corrected chi connectivity index (χ0v) is 14.4. The molecule has 0 radical (unpaired) electrons. The number of aromatic amines is 1. The molecule has 1 amide bonds. The van der Waals surface area contributed by atoms with E-state index in [2.05, 4.69) is 14.7 Å². The summed E-state index contributed by atoms with van der Waals surface area (Å²) < 4.78 is 4.61. The van der Waals surface area contributed by atoms with Crippen LogP contribution in [0.1, 0.15) is 16.1 Å². The average Bonchev–Trinajstić information content (AvgIpc) is 3.07. The van der Waals surface area contributed by atoms with Crippen molar-refractivity contribution in [3.63, 3.8) is 0 Å². The summed E-state index contributed by atoms with van der Waals surface area (Å²) in [6, 6.07) is 8.39. The van der Waals surface area contributed by atoms with Gasteiger partial charge in [0.15, 0.2) is 5.13 Å². The van der Waals surface area contributed by atoms with Gasteiger partial charge in [-0.1, -0.05) is 18.2 Å². The first-order chi connectivity index (χ1) is 12.0. The maximum atomic E-state index is 12.8. The minimum Gasteiger partial charge on any atom is -0.469 e. The highest BCUT2D eigenvalue weighted by molar-refractivity contribution is 7.14. The van der Waals surface area contributed by atoms with Gasteiger partial charge in [0.1, 0.15) is 0 Å². The fraction of sp³-hybridized carbons (Fsp3) is 0.176. The van der Waals surface area contributed by atoms with Crippen LogP contribution in [0.4, 0.5) is 5.13 Å². The van der Waals surface area contributed by atoms with E-state index in [0.29, 0.717) is 27.3 Å². The normalized spacial score (nSPS) is 10.6. The maximum Gasteiger partial charge on any atom is 0.311 e. The van der Waals surface area contributed by atoms with Crippen molar-refractivity contribution in [1.29, 1.82) is 0 Å². The zero-order valence-electron chi connectivity index (χ0n) is 13.6. The van der Waals surface area contributed by atoms with Gasteiger partial charge in [-0.25, -0.2) is 4.98 Å². The number of hydrogen-bond acceptors (Lipinski definition) is 6. The van der Waals surface area contributed by atoms with Gasteiger partial charge in [0.2, 0.25) is 5.56 Å². The summed E-state index contributed by atoms with van der Waals surface area (Å²) in [6.07, 6.45) is 0.0446. The number of fused-ring (bicyclic) bond motifs is 1. The number of anilines is 1. The number of benzene rings is 1. The molecule has 8 heteroatoms. The molecule has 0 saturated carbocycles. The van der Waals surface area contributed by atoms with Gasteiger partial charge in [0.05, 0.1) is 24.8 Å². The van der Waals surface area contributed by atoms with Gasteiger partial charge in [-0.05, 0) is 6.07 Å². The third-order valence-electron chi connectivity index (χ3n) is 3.67. The summed E-state index contributed by atoms with van der Waals surface area (Å²) in [5.41, 5.74) is 1.08. The molecule has 0 saturated heterocycles. The fourth-order valence-corrected chi connectivity index (χ4v) is 3.19. The van der Waals surface area contributed by atoms with Crippen LogP contribution in [0.15, 0.2) is 40.5 Å². The largest absolute Gasteiger partial charge is 0.469 e. The van der Waals surface area contributed by atoms with Crippen molar-refractivity contribution in [2.75, 3.05) is 19.1 Å². The van der Waals surface area contributed by atoms with Crippen LogP contribution in [-0.2, 0) is 16.0 Å². The second kappa shape index (κ2) is 6.86. The van der Waals surface area contributed by atoms with Crippen LogP contribution in [-0.4, -0.2) is 36.0 Å². The molecule has 0 fully saturated rings. The van der Waals surface area contributed by atoms with E-state index in [0.717, 1.165) is 0 Å². The highest BCUT2D eigenvalue weighted by Gasteiger charge is 2.20. The van der Waals surface area contributed by atoms with Crippen molar-refractivity contribution in [2.45, 2.75) is 6.42 Å². The number of aromatic nitrogens is 2. The van der Waals surface area contributed by atoms with Crippen LogP contribution < -0.4 is 10.5 Å². The molecule has 2 heterocycles. The number of nitrogens with zero attached hydrogens (tertiary/aromatic N) is 2. The van der Waals surface area contributed by atoms with E-state index in [1.165, 1.54) is 29.4 Å². The molecular weight excluding hydrogens is 342 g/mol. The molecule has 1 aromatic carbocycles. The monoisotopic (exact) mass is 357 g/mol. The Bertz CT molecular complexity index is 1010. The van der Waals surface area contributed by atoms with Crippen molar-refractivity contribution in [3.8, 4) is 0 Å². The fourth-order valence-electron chi connectivity index (χ4n) is 2.40. The first-order valence-corrected chi connectivity index (χ1v) is 8.29. The average molecular weight is 357 g/mol. The number of rotatable bonds is 4. The van der Waals surface area contributed by atoms with Gasteiger partial charge < -0.3 is 9.72 Å². The number of esters is 1. The zero-order chi connectivity index (χ0) is 18.0. The second-order valence-corrected chi connectivity index (χ2v) is 6.17. The Kier molecular flexibility index (Phi) is 4.62. The van der Waals surface area contributed by atoms with Crippen LogP contribution in [0.25, 0.3) is 10.9 Å². The molecular formula is C17H15N3O4S. The van der Waals surface area contributed by atoms with Crippen LogP contribution >= 0.6 is 11.3 Å². The van der Waals surface area contributed by atoms with E-state index in [9.17, 15) is 14.4 Å². The van der Waals surface area contributed by atoms with Gasteiger partial charge in [-0.2, -0.15) is 0 Å². The lowest BCUT2D eigenvalue weighted by Crippen LogP contribution is -2.27. The molecule has 0 bridgehead atoms. The Morgan fingerprint density at radius 1 is 1.32 bits per heavy atom. The van der Waals surface area contributed by atoms with Gasteiger partial charge in [-0.3, -0.25) is 19.3 Å². The number of nitrogens with one attached hydrogen (secondary N) is 1. The van der Waals surface area contributed by atoms with Crippen LogP contribution in [0.5, 0.6) is 0 Å². The number of ether oxygens (including phenoxy) is 1. The Morgan fingerprint density at radius 2 is 2.08 bits per heavy atom. The van der Waals surface area contributed by atoms with Gasteiger partial charge in [0, 0.05) is 29.4 Å². The van der Waals surface area contributed by atoms with Crippen LogP contribution in [0, 0.1) is 0 Å². The summed E-state index contributed by atoms with van der Waals surface area (Å²) in [4.78, 5) is 44.4. The van der Waals surface area contributed by atoms with E-state index in [4.69, 9.17) is 0 Å². The molecule has 0 aliphatic heterocycles. The second-order valence-electron chi connectivity index (χ2n) is 5.33. The van der Waals surface area contributed by atoms with Gasteiger partial charge in [0.25, 0.3) is 5.91 Å². The maximum absolute atomic E-state index is 12.8.